The molecule has 0 aliphatic rings. The van der Waals surface area contributed by atoms with Gasteiger partial charge in [-0.05, 0) is 32.9 Å². The summed E-state index contributed by atoms with van der Waals surface area (Å²) >= 11 is 0. The summed E-state index contributed by atoms with van der Waals surface area (Å²) in [6, 6.07) is 5.00. The van der Waals surface area contributed by atoms with Crippen molar-refractivity contribution in [2.24, 2.45) is 0 Å². The van der Waals surface area contributed by atoms with Gasteiger partial charge in [0, 0.05) is 24.2 Å². The van der Waals surface area contributed by atoms with E-state index in [-0.39, 0.29) is 11.7 Å². The Hall–Kier alpha value is -1.77. The Bertz CT molecular complexity index is 438. The SMILES string of the molecule is C=C(C)CN(CC)C(=O)c1cccc(O)c1C. The molecule has 0 aliphatic carbocycles. The van der Waals surface area contributed by atoms with Crippen LogP contribution in [0.3, 0.4) is 0 Å². The first-order chi connectivity index (χ1) is 7.97. The maximum absolute atomic E-state index is 12.3. The third kappa shape index (κ3) is 3.09. The molecule has 0 aromatic heterocycles. The van der Waals surface area contributed by atoms with Crippen molar-refractivity contribution in [2.45, 2.75) is 20.8 Å². The molecule has 92 valence electrons. The first kappa shape index (κ1) is 13.3. The molecule has 0 saturated carbocycles. The number of phenolic OH excluding ortho intramolecular Hbond substituents is 1. The van der Waals surface area contributed by atoms with Crippen molar-refractivity contribution in [1.82, 2.24) is 4.90 Å². The van der Waals surface area contributed by atoms with Gasteiger partial charge in [-0.15, -0.1) is 0 Å². The number of hydrogen-bond donors (Lipinski definition) is 1. The second-order valence-electron chi connectivity index (χ2n) is 4.23. The van der Waals surface area contributed by atoms with Crippen LogP contribution in [0.15, 0.2) is 30.4 Å². The van der Waals surface area contributed by atoms with E-state index in [1.165, 1.54) is 0 Å². The first-order valence-corrected chi connectivity index (χ1v) is 5.69. The Morgan fingerprint density at radius 2 is 2.12 bits per heavy atom. The molecule has 0 fully saturated rings. The van der Waals surface area contributed by atoms with E-state index in [4.69, 9.17) is 0 Å². The van der Waals surface area contributed by atoms with E-state index in [9.17, 15) is 9.90 Å². The Balaban J connectivity index is 3.02. The summed E-state index contributed by atoms with van der Waals surface area (Å²) in [5.74, 6) is 0.0890. The Morgan fingerprint density at radius 3 is 2.65 bits per heavy atom. The number of carbonyl (C=O) groups is 1. The highest BCUT2D eigenvalue weighted by Crippen LogP contribution is 2.21. The molecule has 1 aromatic carbocycles. The van der Waals surface area contributed by atoms with E-state index in [1.807, 2.05) is 13.8 Å². The molecule has 17 heavy (non-hydrogen) atoms. The molecule has 0 radical (unpaired) electrons. The molecule has 0 unspecified atom stereocenters. The van der Waals surface area contributed by atoms with E-state index < -0.39 is 0 Å². The van der Waals surface area contributed by atoms with Crippen molar-refractivity contribution in [2.75, 3.05) is 13.1 Å². The standard InChI is InChI=1S/C14H19NO2/c1-5-15(9-10(2)3)14(17)12-7-6-8-13(16)11(12)4/h6-8,16H,2,5,9H2,1,3-4H3. The summed E-state index contributed by atoms with van der Waals surface area (Å²) in [6.07, 6.45) is 0. The van der Waals surface area contributed by atoms with Crippen LogP contribution in [0.1, 0.15) is 29.8 Å². The summed E-state index contributed by atoms with van der Waals surface area (Å²) in [5.41, 5.74) is 2.11. The Kier molecular flexibility index (Phi) is 4.32. The minimum absolute atomic E-state index is 0.0658. The maximum atomic E-state index is 12.3. The van der Waals surface area contributed by atoms with E-state index >= 15 is 0 Å². The van der Waals surface area contributed by atoms with Gasteiger partial charge in [0.15, 0.2) is 0 Å². The molecule has 0 saturated heterocycles. The number of rotatable bonds is 4. The van der Waals surface area contributed by atoms with Crippen LogP contribution < -0.4 is 0 Å². The minimum atomic E-state index is -0.0658. The molecule has 1 rings (SSSR count). The summed E-state index contributed by atoms with van der Waals surface area (Å²) < 4.78 is 0. The molecule has 0 atom stereocenters. The van der Waals surface area contributed by atoms with E-state index in [0.717, 1.165) is 5.57 Å². The van der Waals surface area contributed by atoms with E-state index in [2.05, 4.69) is 6.58 Å². The minimum Gasteiger partial charge on any atom is -0.508 e. The van der Waals surface area contributed by atoms with Crippen LogP contribution in [0, 0.1) is 6.92 Å². The van der Waals surface area contributed by atoms with Gasteiger partial charge in [-0.1, -0.05) is 18.2 Å². The highest BCUT2D eigenvalue weighted by Gasteiger charge is 2.17. The molecule has 1 N–H and O–H groups in total. The molecule has 1 aromatic rings. The van der Waals surface area contributed by atoms with Gasteiger partial charge in [0.05, 0.1) is 0 Å². The van der Waals surface area contributed by atoms with E-state index in [1.54, 1.807) is 30.0 Å². The number of phenols is 1. The van der Waals surface area contributed by atoms with Crippen LogP contribution in [0.25, 0.3) is 0 Å². The van der Waals surface area contributed by atoms with Crippen molar-refractivity contribution < 1.29 is 9.90 Å². The van der Waals surface area contributed by atoms with Gasteiger partial charge in [-0.2, -0.15) is 0 Å². The van der Waals surface area contributed by atoms with Crippen molar-refractivity contribution in [3.05, 3.63) is 41.5 Å². The zero-order chi connectivity index (χ0) is 13.0. The van der Waals surface area contributed by atoms with Crippen LogP contribution in [0.4, 0.5) is 0 Å². The highest BCUT2D eigenvalue weighted by molar-refractivity contribution is 5.96. The molecular formula is C14H19NO2. The highest BCUT2D eigenvalue weighted by atomic mass is 16.3. The number of benzene rings is 1. The predicted molar refractivity (Wildman–Crippen MR) is 69.2 cm³/mol. The molecule has 3 heteroatoms. The fraction of sp³-hybridized carbons (Fsp3) is 0.357. The molecule has 0 heterocycles. The number of aromatic hydroxyl groups is 1. The van der Waals surface area contributed by atoms with Gasteiger partial charge in [0.1, 0.15) is 5.75 Å². The molecule has 0 bridgehead atoms. The van der Waals surface area contributed by atoms with Crippen LogP contribution in [0.5, 0.6) is 5.75 Å². The molecule has 0 spiro atoms. The second kappa shape index (κ2) is 5.53. The molecule has 1 amide bonds. The second-order valence-corrected chi connectivity index (χ2v) is 4.23. The van der Waals surface area contributed by atoms with Crippen molar-refractivity contribution >= 4 is 5.91 Å². The molecule has 0 aliphatic heterocycles. The van der Waals surface area contributed by atoms with E-state index in [0.29, 0.717) is 24.2 Å². The summed E-state index contributed by atoms with van der Waals surface area (Å²) in [5, 5.41) is 9.60. The van der Waals surface area contributed by atoms with Crippen LogP contribution in [0.2, 0.25) is 0 Å². The number of carbonyl (C=O) groups excluding carboxylic acids is 1. The first-order valence-electron chi connectivity index (χ1n) is 5.69. The quantitative estimate of drug-likeness (QED) is 0.812. The maximum Gasteiger partial charge on any atom is 0.254 e. The van der Waals surface area contributed by atoms with Gasteiger partial charge in [0.2, 0.25) is 0 Å². The topological polar surface area (TPSA) is 40.5 Å². The smallest absolute Gasteiger partial charge is 0.254 e. The Labute approximate surface area is 102 Å². The zero-order valence-electron chi connectivity index (χ0n) is 10.7. The lowest BCUT2D eigenvalue weighted by Gasteiger charge is -2.22. The fourth-order valence-corrected chi connectivity index (χ4v) is 1.68. The third-order valence-corrected chi connectivity index (χ3v) is 2.67. The summed E-state index contributed by atoms with van der Waals surface area (Å²) in [4.78, 5) is 14.0. The number of amides is 1. The van der Waals surface area contributed by atoms with Crippen molar-refractivity contribution in [3.8, 4) is 5.75 Å². The fourth-order valence-electron chi connectivity index (χ4n) is 1.68. The van der Waals surface area contributed by atoms with Gasteiger partial charge < -0.3 is 10.0 Å². The lowest BCUT2D eigenvalue weighted by Crippen LogP contribution is -2.32. The number of likely N-dealkylation sites (N-methyl/N-ethyl adjacent to an activating group) is 1. The summed E-state index contributed by atoms with van der Waals surface area (Å²) in [7, 11) is 0. The largest absolute Gasteiger partial charge is 0.508 e. The normalized spacial score (nSPS) is 10.1. The third-order valence-electron chi connectivity index (χ3n) is 2.67. The molecule has 3 nitrogen and oxygen atoms in total. The van der Waals surface area contributed by atoms with Crippen LogP contribution in [-0.2, 0) is 0 Å². The monoisotopic (exact) mass is 233 g/mol. The van der Waals surface area contributed by atoms with Crippen LogP contribution in [-0.4, -0.2) is 29.0 Å². The lowest BCUT2D eigenvalue weighted by molar-refractivity contribution is 0.0777. The Morgan fingerprint density at radius 1 is 1.47 bits per heavy atom. The number of nitrogens with zero attached hydrogens (tertiary/aromatic N) is 1. The van der Waals surface area contributed by atoms with Crippen molar-refractivity contribution in [1.29, 1.82) is 0 Å². The average Bonchev–Trinajstić information content (AvgIpc) is 2.28. The molecular weight excluding hydrogens is 214 g/mol. The van der Waals surface area contributed by atoms with Gasteiger partial charge in [-0.3, -0.25) is 4.79 Å². The number of hydrogen-bond acceptors (Lipinski definition) is 2. The zero-order valence-corrected chi connectivity index (χ0v) is 10.7. The van der Waals surface area contributed by atoms with Crippen molar-refractivity contribution in [3.63, 3.8) is 0 Å². The average molecular weight is 233 g/mol. The summed E-state index contributed by atoms with van der Waals surface area (Å²) in [6.45, 7) is 10.6. The van der Waals surface area contributed by atoms with Gasteiger partial charge in [0.25, 0.3) is 5.91 Å². The van der Waals surface area contributed by atoms with Gasteiger partial charge in [-0.25, -0.2) is 0 Å². The lowest BCUT2D eigenvalue weighted by atomic mass is 10.1. The predicted octanol–water partition coefficient (Wildman–Crippen LogP) is 2.74. The van der Waals surface area contributed by atoms with Crippen LogP contribution >= 0.6 is 0 Å². The van der Waals surface area contributed by atoms with Gasteiger partial charge >= 0.3 is 0 Å².